The van der Waals surface area contributed by atoms with E-state index in [1.807, 2.05) is 34.6 Å². The van der Waals surface area contributed by atoms with Crippen molar-refractivity contribution in [2.45, 2.75) is 283 Å². The van der Waals surface area contributed by atoms with E-state index in [9.17, 15) is 55.2 Å². The summed E-state index contributed by atoms with van der Waals surface area (Å²) in [6.07, 6.45) is -11.0. The maximum absolute atomic E-state index is 13.7. The van der Waals surface area contributed by atoms with E-state index in [0.717, 1.165) is 19.1 Å². The number of carboxylic acids is 1. The van der Waals surface area contributed by atoms with Gasteiger partial charge in [0.2, 0.25) is 0 Å². The molecule has 6 fully saturated rings. The van der Waals surface area contributed by atoms with E-state index in [2.05, 4.69) is 40.7 Å². The minimum absolute atomic E-state index is 0.0360. The molecule has 0 spiro atoms. The Kier molecular flexibility index (Phi) is 22.8. The highest BCUT2D eigenvalue weighted by molar-refractivity contribution is 5.73. The van der Waals surface area contributed by atoms with Crippen molar-refractivity contribution >= 4 is 18.2 Å². The Labute approximate surface area is 504 Å². The molecule has 7 aliphatic rings. The SMILES string of the molecule is CCC(C)C(CC(O)CC(=O)OC(CC(O)CC(O)OC1C(O)C(C)OC(OC(O)[C@]23CCC(C)(C)C[C@@H]2C2=CC[C@@H]4C5(C)CCC(OC6OC(C(=O)O)C(O)C(OC)C6OC)C(C)(C=O)[C@@H]5CCC4(C)C2(C)CC3O)C1OC)C(C)CC)OC. The third kappa shape index (κ3) is 13.3. The van der Waals surface area contributed by atoms with E-state index in [4.69, 9.17) is 47.4 Å². The molecule has 0 aromatic rings. The molecule has 21 nitrogen and oxygen atoms in total. The predicted octanol–water partition coefficient (Wildman–Crippen LogP) is 5.98. The van der Waals surface area contributed by atoms with Crippen LogP contribution in [0.25, 0.3) is 0 Å². The minimum Gasteiger partial charge on any atom is -0.479 e. The van der Waals surface area contributed by atoms with Crippen LogP contribution in [0.5, 0.6) is 0 Å². The first-order chi connectivity index (χ1) is 39.8. The van der Waals surface area contributed by atoms with Crippen LogP contribution < -0.4 is 0 Å². The van der Waals surface area contributed by atoms with Crippen LogP contribution in [0.2, 0.25) is 0 Å². The van der Waals surface area contributed by atoms with Crippen LogP contribution in [0.15, 0.2) is 11.6 Å². The van der Waals surface area contributed by atoms with Crippen LogP contribution in [0.3, 0.4) is 0 Å². The van der Waals surface area contributed by atoms with Gasteiger partial charge in [0.15, 0.2) is 31.3 Å². The summed E-state index contributed by atoms with van der Waals surface area (Å²) in [5.74, 6) is -2.43. The van der Waals surface area contributed by atoms with E-state index in [1.54, 1.807) is 14.0 Å². The number of aliphatic hydroxyl groups is 7. The van der Waals surface area contributed by atoms with Gasteiger partial charge in [-0.25, -0.2) is 4.79 Å². The number of aldehydes is 1. The van der Waals surface area contributed by atoms with Crippen LogP contribution in [0, 0.1) is 62.1 Å². The largest absolute Gasteiger partial charge is 0.479 e. The monoisotopic (exact) mass is 1210 g/mol. The highest BCUT2D eigenvalue weighted by atomic mass is 16.8. The van der Waals surface area contributed by atoms with E-state index in [0.29, 0.717) is 57.8 Å². The van der Waals surface area contributed by atoms with E-state index in [1.165, 1.54) is 26.9 Å². The molecule has 21 heteroatoms. The van der Waals surface area contributed by atoms with Crippen LogP contribution in [0.1, 0.15) is 172 Å². The van der Waals surface area contributed by atoms with E-state index < -0.39 is 133 Å². The fourth-order valence-electron chi connectivity index (χ4n) is 17.6. The molecule has 0 bridgehead atoms. The molecule has 5 aliphatic carbocycles. The summed E-state index contributed by atoms with van der Waals surface area (Å²) in [6.45, 7) is 22.7. The summed E-state index contributed by atoms with van der Waals surface area (Å²) in [6, 6.07) is 0. The summed E-state index contributed by atoms with van der Waals surface area (Å²) < 4.78 is 60.2. The molecule has 0 amide bonds. The van der Waals surface area contributed by atoms with Crippen LogP contribution in [-0.4, -0.2) is 198 Å². The van der Waals surface area contributed by atoms with Gasteiger partial charge >= 0.3 is 11.9 Å². The highest BCUT2D eigenvalue weighted by Crippen LogP contribution is 2.76. The van der Waals surface area contributed by atoms with Gasteiger partial charge in [-0.2, -0.15) is 0 Å². The van der Waals surface area contributed by atoms with Gasteiger partial charge in [0, 0.05) is 47.7 Å². The predicted molar refractivity (Wildman–Crippen MR) is 309 cm³/mol. The number of carbonyl (C=O) groups excluding carboxylic acids is 2. The number of aliphatic hydroxyl groups excluding tert-OH is 7. The van der Waals surface area contributed by atoms with Crippen molar-refractivity contribution in [3.05, 3.63) is 11.6 Å². The Bertz CT molecular complexity index is 2270. The summed E-state index contributed by atoms with van der Waals surface area (Å²) in [7, 11) is 5.72. The number of methoxy groups -OCH3 is 4. The standard InChI is InChI=1S/C64H108O21/c1-16-33(3)40(76-12)26-36(66)28-46(69)81-41(34(4)17-2)27-37(67)29-47(70)83-51-48(71)35(5)80-56(54(51)79-15)85-58(75)64-25-24-59(6,7)30-39(64)38-18-19-43-60(8)22-21-45(82-57-53(78-14)50(77-13)49(72)52(84-57)55(73)74)61(9,32-65)42(60)20-23-62(43,10)63(38,11)31-44(64)68/h18,32-37,39-45,47-54,56-58,66-68,70-72,75H,16-17,19-31H2,1-15H3,(H,73,74)/t33?,34?,35?,36?,37?,39-,40?,41?,42-,43-,44?,45?,47?,48?,49?,50?,51?,52?,53?,54?,56?,57?,58?,60?,61?,62?,63?,64-/m1/s1. The molecule has 85 heavy (non-hydrogen) atoms. The van der Waals surface area contributed by atoms with Gasteiger partial charge in [0.1, 0.15) is 49.0 Å². The van der Waals surface area contributed by atoms with Crippen molar-refractivity contribution in [1.82, 2.24) is 0 Å². The Morgan fingerprint density at radius 2 is 1.35 bits per heavy atom. The number of allylic oxidation sites excluding steroid dienone is 2. The number of carbonyl (C=O) groups is 3. The molecule has 490 valence electrons. The molecule has 2 aliphatic heterocycles. The van der Waals surface area contributed by atoms with Gasteiger partial charge in [0.05, 0.1) is 53.9 Å². The molecule has 0 aromatic heterocycles. The Morgan fingerprint density at radius 1 is 0.729 bits per heavy atom. The lowest BCUT2D eigenvalue weighted by atomic mass is 9.33. The molecule has 0 radical (unpaired) electrons. The maximum atomic E-state index is 13.7. The average Bonchev–Trinajstić information content (AvgIpc) is 0.846. The number of ether oxygens (including phenoxy) is 10. The molecule has 7 rings (SSSR count). The number of carboxylic acid groups (broad SMARTS) is 1. The van der Waals surface area contributed by atoms with Crippen LogP contribution in [-0.2, 0) is 61.8 Å². The number of fused-ring (bicyclic) bond motifs is 7. The molecule has 28 atom stereocenters. The second-order valence-electron chi connectivity index (χ2n) is 28.6. The first kappa shape index (κ1) is 70.2. The quantitative estimate of drug-likeness (QED) is 0.0162. The van der Waals surface area contributed by atoms with Crippen LogP contribution >= 0.6 is 0 Å². The van der Waals surface area contributed by atoms with Crippen molar-refractivity contribution in [3.63, 3.8) is 0 Å². The fraction of sp³-hybridized carbons (Fsp3) is 0.922. The normalized spacial score (nSPS) is 43.6. The van der Waals surface area contributed by atoms with Gasteiger partial charge in [0.25, 0.3) is 0 Å². The van der Waals surface area contributed by atoms with Crippen molar-refractivity contribution in [2.75, 3.05) is 28.4 Å². The first-order valence-corrected chi connectivity index (χ1v) is 31.6. The number of hydrogen-bond donors (Lipinski definition) is 8. The second-order valence-corrected chi connectivity index (χ2v) is 28.6. The number of rotatable bonds is 26. The summed E-state index contributed by atoms with van der Waals surface area (Å²) in [4.78, 5) is 39.1. The number of aliphatic carboxylic acids is 1. The Balaban J connectivity index is 1.07. The van der Waals surface area contributed by atoms with Crippen molar-refractivity contribution < 1.29 is 103 Å². The van der Waals surface area contributed by atoms with E-state index >= 15 is 0 Å². The van der Waals surface area contributed by atoms with Gasteiger partial charge < -0.3 is 93.0 Å². The molecular weight excluding hydrogens is 1100 g/mol. The first-order valence-electron chi connectivity index (χ1n) is 31.6. The van der Waals surface area contributed by atoms with E-state index in [-0.39, 0.29) is 77.6 Å². The summed E-state index contributed by atoms with van der Waals surface area (Å²) in [5, 5.41) is 92.0. The summed E-state index contributed by atoms with van der Waals surface area (Å²) in [5.41, 5.74) is -2.57. The zero-order chi connectivity index (χ0) is 63.1. The molecular formula is C64H108O21. The smallest absolute Gasteiger partial charge is 0.335 e. The molecule has 24 unspecified atom stereocenters. The van der Waals surface area contributed by atoms with Gasteiger partial charge in [-0.3, -0.25) is 4.79 Å². The lowest BCUT2D eigenvalue weighted by Crippen LogP contribution is -2.69. The molecule has 4 saturated carbocycles. The third-order valence-corrected chi connectivity index (χ3v) is 23.4. The summed E-state index contributed by atoms with van der Waals surface area (Å²) >= 11 is 0. The zero-order valence-corrected chi connectivity index (χ0v) is 53.4. The third-order valence-electron chi connectivity index (χ3n) is 23.4. The number of esters is 1. The zero-order valence-electron chi connectivity index (χ0n) is 53.4. The van der Waals surface area contributed by atoms with Crippen molar-refractivity contribution in [2.24, 2.45) is 62.1 Å². The Morgan fingerprint density at radius 3 is 1.95 bits per heavy atom. The molecule has 8 N–H and O–H groups in total. The van der Waals surface area contributed by atoms with Crippen molar-refractivity contribution in [1.29, 1.82) is 0 Å². The van der Waals surface area contributed by atoms with Crippen LogP contribution in [0.4, 0.5) is 0 Å². The lowest BCUT2D eigenvalue weighted by molar-refractivity contribution is -0.372. The average molecular weight is 1210 g/mol. The topological polar surface area (TPSA) is 305 Å². The number of hydrogen-bond acceptors (Lipinski definition) is 20. The Hall–Kier alpha value is -2.29. The second kappa shape index (κ2) is 27.7. The fourth-order valence-corrected chi connectivity index (χ4v) is 17.6. The van der Waals surface area contributed by atoms with Gasteiger partial charge in [-0.05, 0) is 116 Å². The van der Waals surface area contributed by atoms with Gasteiger partial charge in [-0.1, -0.05) is 93.7 Å². The molecule has 0 aromatic carbocycles. The lowest BCUT2D eigenvalue weighted by Gasteiger charge is -2.72. The van der Waals surface area contributed by atoms with Crippen molar-refractivity contribution in [3.8, 4) is 0 Å². The minimum atomic E-state index is -1.64. The molecule has 2 heterocycles. The highest BCUT2D eigenvalue weighted by Gasteiger charge is 2.72. The molecule has 2 saturated heterocycles. The van der Waals surface area contributed by atoms with Gasteiger partial charge in [-0.15, -0.1) is 0 Å². The maximum Gasteiger partial charge on any atom is 0.335 e.